The maximum absolute atomic E-state index is 6.10. The van der Waals surface area contributed by atoms with Crippen molar-refractivity contribution >= 4 is 28.6 Å². The Labute approximate surface area is 117 Å². The van der Waals surface area contributed by atoms with E-state index in [1.165, 1.54) is 28.1 Å². The van der Waals surface area contributed by atoms with Gasteiger partial charge in [-0.25, -0.2) is 0 Å². The van der Waals surface area contributed by atoms with E-state index in [-0.39, 0.29) is 0 Å². The average molecular weight is 278 g/mol. The summed E-state index contributed by atoms with van der Waals surface area (Å²) in [6.45, 7) is 2.20. The van der Waals surface area contributed by atoms with Crippen molar-refractivity contribution in [1.82, 2.24) is 0 Å². The van der Waals surface area contributed by atoms with Crippen LogP contribution in [0.15, 0.2) is 30.3 Å². The number of rotatable bonds is 3. The highest BCUT2D eigenvalue weighted by atomic mass is 35.5. The Balaban J connectivity index is 1.86. The molecule has 0 fully saturated rings. The molecule has 1 nitrogen and oxygen atoms in total. The predicted octanol–water partition coefficient (Wildman–Crippen LogP) is 5.06. The molecule has 1 aliphatic rings. The van der Waals surface area contributed by atoms with Crippen LogP contribution in [0.2, 0.25) is 4.34 Å². The molecule has 0 spiro atoms. The van der Waals surface area contributed by atoms with Crippen molar-refractivity contribution in [2.75, 3.05) is 5.32 Å². The highest BCUT2D eigenvalue weighted by Crippen LogP contribution is 2.41. The molecule has 1 N–H and O–H groups in total. The number of benzene rings is 1. The van der Waals surface area contributed by atoms with Crippen LogP contribution in [0.5, 0.6) is 0 Å². The van der Waals surface area contributed by atoms with Crippen LogP contribution in [0.4, 0.5) is 5.69 Å². The summed E-state index contributed by atoms with van der Waals surface area (Å²) in [5.74, 6) is 0. The molecule has 94 valence electrons. The summed E-state index contributed by atoms with van der Waals surface area (Å²) in [6, 6.07) is 11.1. The van der Waals surface area contributed by atoms with Crippen LogP contribution in [-0.2, 0) is 12.8 Å². The number of halogens is 1. The molecular weight excluding hydrogens is 262 g/mol. The topological polar surface area (TPSA) is 12.0 Å². The fraction of sp³-hybridized carbons (Fsp3) is 0.333. The van der Waals surface area contributed by atoms with E-state index in [0.717, 1.165) is 17.2 Å². The van der Waals surface area contributed by atoms with Crippen LogP contribution in [-0.4, -0.2) is 0 Å². The van der Waals surface area contributed by atoms with Crippen molar-refractivity contribution < 1.29 is 0 Å². The predicted molar refractivity (Wildman–Crippen MR) is 79.8 cm³/mol. The number of nitrogens with one attached hydrogen (secondary N) is 1. The summed E-state index contributed by atoms with van der Waals surface area (Å²) in [6.07, 6.45) is 3.39. The van der Waals surface area contributed by atoms with Crippen molar-refractivity contribution in [2.24, 2.45) is 0 Å². The summed E-state index contributed by atoms with van der Waals surface area (Å²) < 4.78 is 0.912. The van der Waals surface area contributed by atoms with E-state index in [1.54, 1.807) is 11.3 Å². The second kappa shape index (κ2) is 4.94. The maximum Gasteiger partial charge on any atom is 0.0934 e. The molecule has 1 aromatic carbocycles. The van der Waals surface area contributed by atoms with Gasteiger partial charge in [0.1, 0.15) is 0 Å². The Morgan fingerprint density at radius 1 is 1.39 bits per heavy atom. The average Bonchev–Trinajstić information content (AvgIpc) is 2.91. The minimum Gasteiger partial charge on any atom is -0.378 e. The molecule has 1 aliphatic carbocycles. The first-order valence-electron chi connectivity index (χ1n) is 6.40. The van der Waals surface area contributed by atoms with Crippen LogP contribution in [0.25, 0.3) is 0 Å². The van der Waals surface area contributed by atoms with Gasteiger partial charge in [0.25, 0.3) is 0 Å². The number of anilines is 1. The van der Waals surface area contributed by atoms with E-state index in [1.807, 2.05) is 0 Å². The Morgan fingerprint density at radius 3 is 3.06 bits per heavy atom. The van der Waals surface area contributed by atoms with Gasteiger partial charge in [0.2, 0.25) is 0 Å². The molecule has 0 saturated heterocycles. The number of para-hydroxylation sites is 1. The number of thiophene rings is 1. The van der Waals surface area contributed by atoms with Gasteiger partial charge in [0.15, 0.2) is 0 Å². The van der Waals surface area contributed by atoms with E-state index in [2.05, 4.69) is 42.6 Å². The SMILES string of the molecule is CCc1ccccc1NC1CCc2sc(Cl)cc21. The van der Waals surface area contributed by atoms with Crippen molar-refractivity contribution in [2.45, 2.75) is 32.2 Å². The molecule has 0 bridgehead atoms. The van der Waals surface area contributed by atoms with Gasteiger partial charge in [-0.05, 0) is 42.5 Å². The zero-order valence-electron chi connectivity index (χ0n) is 10.4. The number of fused-ring (bicyclic) bond motifs is 1. The lowest BCUT2D eigenvalue weighted by atomic mass is 10.1. The third kappa shape index (κ3) is 2.15. The fourth-order valence-electron chi connectivity index (χ4n) is 2.64. The molecule has 1 unspecified atom stereocenters. The standard InChI is InChI=1S/C15H16ClNS/c1-2-10-5-3-4-6-12(10)17-13-7-8-14-11(13)9-15(16)18-14/h3-6,9,13,17H,2,7-8H2,1H3. The van der Waals surface area contributed by atoms with Crippen molar-refractivity contribution in [1.29, 1.82) is 0 Å². The maximum atomic E-state index is 6.10. The summed E-state index contributed by atoms with van der Waals surface area (Å²) in [4.78, 5) is 1.45. The molecule has 0 radical (unpaired) electrons. The molecule has 3 rings (SSSR count). The van der Waals surface area contributed by atoms with E-state index < -0.39 is 0 Å². The summed E-state index contributed by atoms with van der Waals surface area (Å²) in [5, 5.41) is 3.68. The first-order valence-corrected chi connectivity index (χ1v) is 7.60. The van der Waals surface area contributed by atoms with E-state index >= 15 is 0 Å². The van der Waals surface area contributed by atoms with Gasteiger partial charge in [-0.15, -0.1) is 11.3 Å². The van der Waals surface area contributed by atoms with Crippen LogP contribution in [0.3, 0.4) is 0 Å². The number of hydrogen-bond donors (Lipinski definition) is 1. The van der Waals surface area contributed by atoms with Crippen LogP contribution >= 0.6 is 22.9 Å². The minimum atomic E-state index is 0.427. The van der Waals surface area contributed by atoms with Crippen LogP contribution in [0.1, 0.15) is 35.4 Å². The van der Waals surface area contributed by atoms with Gasteiger partial charge in [0.05, 0.1) is 10.4 Å². The van der Waals surface area contributed by atoms with Crippen molar-refractivity contribution in [3.8, 4) is 0 Å². The molecule has 1 heterocycles. The fourth-order valence-corrected chi connectivity index (χ4v) is 3.99. The van der Waals surface area contributed by atoms with Gasteiger partial charge in [-0.3, -0.25) is 0 Å². The van der Waals surface area contributed by atoms with E-state index in [9.17, 15) is 0 Å². The first-order chi connectivity index (χ1) is 8.78. The second-order valence-corrected chi connectivity index (χ2v) is 6.44. The lowest BCUT2D eigenvalue weighted by molar-refractivity contribution is 0.760. The zero-order valence-corrected chi connectivity index (χ0v) is 11.9. The van der Waals surface area contributed by atoms with E-state index in [0.29, 0.717) is 6.04 Å². The Morgan fingerprint density at radius 2 is 2.22 bits per heavy atom. The highest BCUT2D eigenvalue weighted by molar-refractivity contribution is 7.16. The zero-order chi connectivity index (χ0) is 12.5. The highest BCUT2D eigenvalue weighted by Gasteiger charge is 2.25. The molecule has 2 aromatic rings. The van der Waals surface area contributed by atoms with Crippen molar-refractivity contribution in [3.63, 3.8) is 0 Å². The molecule has 18 heavy (non-hydrogen) atoms. The molecule has 0 saturated carbocycles. The normalized spacial score (nSPS) is 17.8. The lowest BCUT2D eigenvalue weighted by Crippen LogP contribution is -2.08. The Hall–Kier alpha value is -0.990. The Bertz CT molecular complexity index is 561. The van der Waals surface area contributed by atoms with Crippen LogP contribution < -0.4 is 5.32 Å². The lowest BCUT2D eigenvalue weighted by Gasteiger charge is -2.17. The largest absolute Gasteiger partial charge is 0.378 e. The third-order valence-corrected chi connectivity index (χ3v) is 4.91. The van der Waals surface area contributed by atoms with Crippen molar-refractivity contribution in [3.05, 3.63) is 50.7 Å². The Kier molecular flexibility index (Phi) is 3.31. The minimum absolute atomic E-state index is 0.427. The quantitative estimate of drug-likeness (QED) is 0.826. The van der Waals surface area contributed by atoms with Gasteiger partial charge >= 0.3 is 0 Å². The molecule has 0 aliphatic heterocycles. The van der Waals surface area contributed by atoms with Gasteiger partial charge in [-0.1, -0.05) is 36.7 Å². The summed E-state index contributed by atoms with van der Waals surface area (Å²) >= 11 is 7.82. The molecule has 1 aromatic heterocycles. The van der Waals surface area contributed by atoms with Gasteiger partial charge in [-0.2, -0.15) is 0 Å². The number of aryl methyl sites for hydroxylation is 2. The van der Waals surface area contributed by atoms with Gasteiger partial charge < -0.3 is 5.32 Å². The summed E-state index contributed by atoms with van der Waals surface area (Å²) in [5.41, 5.74) is 4.04. The number of hydrogen-bond acceptors (Lipinski definition) is 2. The molecular formula is C15H16ClNS. The first kappa shape index (κ1) is 12.1. The monoisotopic (exact) mass is 277 g/mol. The third-order valence-electron chi connectivity index (χ3n) is 3.58. The van der Waals surface area contributed by atoms with Gasteiger partial charge in [0, 0.05) is 10.6 Å². The summed E-state index contributed by atoms with van der Waals surface area (Å²) in [7, 11) is 0. The molecule has 1 atom stereocenters. The smallest absolute Gasteiger partial charge is 0.0934 e. The second-order valence-electron chi connectivity index (χ2n) is 4.68. The van der Waals surface area contributed by atoms with E-state index in [4.69, 9.17) is 11.6 Å². The van der Waals surface area contributed by atoms with Crippen LogP contribution in [0, 0.1) is 0 Å². The molecule has 0 amide bonds. The molecule has 3 heteroatoms.